The van der Waals surface area contributed by atoms with Crippen molar-refractivity contribution < 1.29 is 9.53 Å². The maximum atomic E-state index is 12.4. The molecule has 28 heavy (non-hydrogen) atoms. The Morgan fingerprint density at radius 3 is 2.79 bits per heavy atom. The smallest absolute Gasteiger partial charge is 0.412 e. The first-order valence-electron chi connectivity index (χ1n) is 10.2. The van der Waals surface area contributed by atoms with Crippen LogP contribution in [-0.2, 0) is 10.2 Å². The van der Waals surface area contributed by atoms with Crippen molar-refractivity contribution in [2.45, 2.75) is 44.6 Å². The van der Waals surface area contributed by atoms with E-state index in [0.717, 1.165) is 12.1 Å². The van der Waals surface area contributed by atoms with Crippen LogP contribution in [0.1, 0.15) is 44.7 Å². The van der Waals surface area contributed by atoms with E-state index in [1.54, 1.807) is 0 Å². The molecule has 0 spiro atoms. The lowest BCUT2D eigenvalue weighted by Gasteiger charge is -2.22. The van der Waals surface area contributed by atoms with Gasteiger partial charge in [-0.3, -0.25) is 5.32 Å². The van der Waals surface area contributed by atoms with Gasteiger partial charge in [0.1, 0.15) is 5.60 Å². The van der Waals surface area contributed by atoms with E-state index >= 15 is 0 Å². The van der Waals surface area contributed by atoms with Gasteiger partial charge in [0.05, 0.1) is 0 Å². The summed E-state index contributed by atoms with van der Waals surface area (Å²) >= 11 is 0. The molecule has 0 saturated heterocycles. The van der Waals surface area contributed by atoms with Crippen molar-refractivity contribution in [2.24, 2.45) is 17.8 Å². The summed E-state index contributed by atoms with van der Waals surface area (Å²) in [5, 5.41) is 2.97. The first-order valence-corrected chi connectivity index (χ1v) is 10.2. The van der Waals surface area contributed by atoms with Crippen molar-refractivity contribution >= 4 is 17.4 Å². The highest BCUT2D eigenvalue weighted by Crippen LogP contribution is 2.59. The van der Waals surface area contributed by atoms with Gasteiger partial charge in [-0.15, -0.1) is 0 Å². The van der Waals surface area contributed by atoms with E-state index < -0.39 is 11.7 Å². The minimum atomic E-state index is -0.514. The maximum Gasteiger partial charge on any atom is 0.412 e. The van der Waals surface area contributed by atoms with Crippen LogP contribution in [0.5, 0.6) is 0 Å². The zero-order valence-electron chi connectivity index (χ0n) is 16.7. The first-order chi connectivity index (χ1) is 13.3. The van der Waals surface area contributed by atoms with Crippen molar-refractivity contribution in [1.29, 1.82) is 0 Å². The van der Waals surface area contributed by atoms with E-state index in [2.05, 4.69) is 66.0 Å². The fourth-order valence-electron chi connectivity index (χ4n) is 4.67. The van der Waals surface area contributed by atoms with Crippen molar-refractivity contribution in [1.82, 2.24) is 0 Å². The molecule has 2 saturated carbocycles. The lowest BCUT2D eigenvalue weighted by molar-refractivity contribution is 0.0636. The Morgan fingerprint density at radius 1 is 1.14 bits per heavy atom. The average Bonchev–Trinajstić information content (AvgIpc) is 3.51. The van der Waals surface area contributed by atoms with Crippen molar-refractivity contribution in [3.05, 3.63) is 71.9 Å². The second-order valence-corrected chi connectivity index (χ2v) is 9.53. The van der Waals surface area contributed by atoms with Gasteiger partial charge in [-0.05, 0) is 80.2 Å². The molecule has 0 aliphatic heterocycles. The molecule has 4 unspecified atom stereocenters. The van der Waals surface area contributed by atoms with Gasteiger partial charge >= 0.3 is 6.09 Å². The summed E-state index contributed by atoms with van der Waals surface area (Å²) in [4.78, 5) is 12.4. The topological polar surface area (TPSA) is 38.3 Å². The fourth-order valence-corrected chi connectivity index (χ4v) is 4.67. The number of hydrogen-bond acceptors (Lipinski definition) is 2. The van der Waals surface area contributed by atoms with E-state index in [9.17, 15) is 4.79 Å². The summed E-state index contributed by atoms with van der Waals surface area (Å²) in [6.45, 7) is 5.65. The molecule has 3 heteroatoms. The highest BCUT2D eigenvalue weighted by molar-refractivity contribution is 5.87. The second kappa shape index (κ2) is 5.97. The standard InChI is InChI=1S/C25H27NO2/c1-24(2,3)28-23(27)26-20-12-17(21-9-6-7-16-13-22(16)21)11-19(14-20)25-10-5-4-8-18(25)15-25/h4-12,14,16,18,22H,13,15H2,1-3H3,(H,26,27). The van der Waals surface area contributed by atoms with Crippen molar-refractivity contribution in [3.8, 4) is 0 Å². The van der Waals surface area contributed by atoms with Gasteiger partial charge in [-0.2, -0.15) is 0 Å². The Kier molecular flexibility index (Phi) is 3.74. The Morgan fingerprint density at radius 2 is 2.00 bits per heavy atom. The molecule has 0 radical (unpaired) electrons. The number of rotatable bonds is 3. The molecule has 0 heterocycles. The van der Waals surface area contributed by atoms with Gasteiger partial charge in [0.15, 0.2) is 0 Å². The number of amides is 1. The number of hydrogen-bond donors (Lipinski definition) is 1. The highest BCUT2D eigenvalue weighted by Gasteiger charge is 2.53. The molecular formula is C25H27NO2. The highest BCUT2D eigenvalue weighted by atomic mass is 16.6. The van der Waals surface area contributed by atoms with Gasteiger partial charge in [0.25, 0.3) is 0 Å². The summed E-state index contributed by atoms with van der Waals surface area (Å²) in [6.07, 6.45) is 17.6. The number of carbonyl (C=O) groups is 1. The Balaban J connectivity index is 1.51. The number of ether oxygens (including phenoxy) is 1. The molecule has 1 amide bonds. The number of benzene rings is 1. The van der Waals surface area contributed by atoms with E-state index in [1.165, 1.54) is 23.1 Å². The van der Waals surface area contributed by atoms with E-state index in [0.29, 0.717) is 17.8 Å². The number of nitrogens with one attached hydrogen (secondary N) is 1. The third-order valence-electron chi connectivity index (χ3n) is 6.23. The molecule has 144 valence electrons. The lowest BCUT2D eigenvalue weighted by atomic mass is 9.86. The molecule has 0 aromatic heterocycles. The van der Waals surface area contributed by atoms with Gasteiger partial charge in [-0.25, -0.2) is 4.79 Å². The quantitative estimate of drug-likeness (QED) is 0.705. The predicted molar refractivity (Wildman–Crippen MR) is 113 cm³/mol. The van der Waals surface area contributed by atoms with Crippen LogP contribution >= 0.6 is 0 Å². The van der Waals surface area contributed by atoms with Gasteiger partial charge in [0, 0.05) is 11.1 Å². The molecule has 1 aromatic carbocycles. The van der Waals surface area contributed by atoms with Crippen LogP contribution in [0.3, 0.4) is 0 Å². The molecule has 5 rings (SSSR count). The average molecular weight is 373 g/mol. The molecule has 4 aliphatic rings. The maximum absolute atomic E-state index is 12.4. The number of anilines is 1. The minimum absolute atomic E-state index is 0.0864. The van der Waals surface area contributed by atoms with Crippen LogP contribution in [-0.4, -0.2) is 11.7 Å². The van der Waals surface area contributed by atoms with Crippen LogP contribution in [0.4, 0.5) is 10.5 Å². The molecule has 1 aromatic rings. The van der Waals surface area contributed by atoms with Crippen LogP contribution in [0.25, 0.3) is 5.57 Å². The fraction of sp³-hybridized carbons (Fsp3) is 0.400. The van der Waals surface area contributed by atoms with Gasteiger partial charge < -0.3 is 4.74 Å². The summed E-state index contributed by atoms with van der Waals surface area (Å²) in [6, 6.07) is 6.56. The summed E-state index contributed by atoms with van der Waals surface area (Å²) < 4.78 is 5.48. The van der Waals surface area contributed by atoms with Crippen LogP contribution in [0, 0.1) is 17.8 Å². The largest absolute Gasteiger partial charge is 0.444 e. The summed E-state index contributed by atoms with van der Waals surface area (Å²) in [5.41, 5.74) is 4.29. The van der Waals surface area contributed by atoms with Crippen LogP contribution in [0.2, 0.25) is 0 Å². The number of carbonyl (C=O) groups excluding carboxylic acids is 1. The van der Waals surface area contributed by atoms with E-state index in [4.69, 9.17) is 4.74 Å². The van der Waals surface area contributed by atoms with Crippen molar-refractivity contribution in [2.75, 3.05) is 5.32 Å². The summed E-state index contributed by atoms with van der Waals surface area (Å²) in [5.74, 6) is 1.88. The molecule has 2 fully saturated rings. The monoisotopic (exact) mass is 373 g/mol. The zero-order valence-corrected chi connectivity index (χ0v) is 16.7. The zero-order chi connectivity index (χ0) is 19.5. The Labute approximate surface area is 166 Å². The Hall–Kier alpha value is -2.55. The molecular weight excluding hydrogens is 346 g/mol. The third-order valence-corrected chi connectivity index (χ3v) is 6.23. The normalized spacial score (nSPS) is 31.5. The van der Waals surface area contributed by atoms with Crippen molar-refractivity contribution in [3.63, 3.8) is 0 Å². The molecule has 4 atom stereocenters. The van der Waals surface area contributed by atoms with Gasteiger partial charge in [-0.1, -0.05) is 48.6 Å². The van der Waals surface area contributed by atoms with Crippen LogP contribution < -0.4 is 5.32 Å². The van der Waals surface area contributed by atoms with E-state index in [-0.39, 0.29) is 5.41 Å². The predicted octanol–water partition coefficient (Wildman–Crippen LogP) is 6.01. The second-order valence-electron chi connectivity index (χ2n) is 9.53. The first kappa shape index (κ1) is 17.5. The summed E-state index contributed by atoms with van der Waals surface area (Å²) in [7, 11) is 0. The SMILES string of the molecule is CC(C)(C)OC(=O)Nc1cc(C2=CC=CC3CC23)cc(C23C=CC=CC2C3)c1. The van der Waals surface area contributed by atoms with E-state index in [1.807, 2.05) is 20.8 Å². The minimum Gasteiger partial charge on any atom is -0.444 e. The van der Waals surface area contributed by atoms with Crippen LogP contribution in [0.15, 0.2) is 60.7 Å². The number of allylic oxidation sites excluding steroid dienone is 8. The Bertz CT molecular complexity index is 959. The lowest BCUT2D eigenvalue weighted by Crippen LogP contribution is -2.27. The molecule has 1 N–H and O–H groups in total. The van der Waals surface area contributed by atoms with Gasteiger partial charge in [0.2, 0.25) is 0 Å². The number of fused-ring (bicyclic) bond motifs is 2. The molecule has 0 bridgehead atoms. The third kappa shape index (κ3) is 3.13. The molecule has 4 aliphatic carbocycles. The molecule has 3 nitrogen and oxygen atoms in total.